The molecule has 158 valence electrons. The molecule has 0 spiro atoms. The van der Waals surface area contributed by atoms with E-state index in [9.17, 15) is 19.5 Å². The second-order valence-corrected chi connectivity index (χ2v) is 7.17. The van der Waals surface area contributed by atoms with Gasteiger partial charge in [0, 0.05) is 16.8 Å². The molecule has 0 aliphatic rings. The van der Waals surface area contributed by atoms with Crippen LogP contribution in [0.25, 0.3) is 22.4 Å². The highest BCUT2D eigenvalue weighted by Gasteiger charge is 2.23. The summed E-state index contributed by atoms with van der Waals surface area (Å²) in [6.45, 7) is 1.74. The molecule has 0 saturated heterocycles. The quantitative estimate of drug-likeness (QED) is 0.440. The van der Waals surface area contributed by atoms with E-state index < -0.39 is 17.4 Å². The van der Waals surface area contributed by atoms with E-state index in [-0.39, 0.29) is 11.1 Å². The van der Waals surface area contributed by atoms with Gasteiger partial charge in [-0.05, 0) is 30.2 Å². The number of aromatic carboxylic acids is 1. The van der Waals surface area contributed by atoms with E-state index in [1.54, 1.807) is 25.1 Å². The average Bonchev–Trinajstić information content (AvgIpc) is 2.81. The topological polar surface area (TPSA) is 112 Å². The van der Waals surface area contributed by atoms with E-state index in [0.717, 1.165) is 5.56 Å². The van der Waals surface area contributed by atoms with Crippen LogP contribution in [0.3, 0.4) is 0 Å². The highest BCUT2D eigenvalue weighted by atomic mass is 16.4. The molecular formula is C25H19N3O4. The second kappa shape index (κ2) is 8.69. The number of carboxylic acids is 1. The Bertz CT molecular complexity index is 1360. The number of benzene rings is 3. The minimum atomic E-state index is -1.11. The predicted molar refractivity (Wildman–Crippen MR) is 122 cm³/mol. The number of H-pyrrole nitrogens is 1. The Labute approximate surface area is 183 Å². The summed E-state index contributed by atoms with van der Waals surface area (Å²) in [7, 11) is 0. The standard InChI is InChI=1S/C25H19N3O4/c1-15-12-13-18(25(31)32)14-19(15)26-23(29)21-20(16-8-4-2-5-9-16)22(27-28-24(21)30)17-10-6-3-7-11-17/h2-14H,1H3,(H,26,29)(H,28,30)(H,31,32). The molecule has 7 nitrogen and oxygen atoms in total. The molecule has 7 heteroatoms. The third kappa shape index (κ3) is 4.04. The normalized spacial score (nSPS) is 10.5. The molecular weight excluding hydrogens is 406 g/mol. The molecule has 1 heterocycles. The average molecular weight is 425 g/mol. The first kappa shape index (κ1) is 20.7. The van der Waals surface area contributed by atoms with Gasteiger partial charge in [-0.15, -0.1) is 0 Å². The van der Waals surface area contributed by atoms with Crippen LogP contribution in [-0.4, -0.2) is 27.2 Å². The number of aromatic nitrogens is 2. The third-order valence-corrected chi connectivity index (χ3v) is 5.05. The van der Waals surface area contributed by atoms with Crippen molar-refractivity contribution in [1.82, 2.24) is 10.2 Å². The van der Waals surface area contributed by atoms with Crippen molar-refractivity contribution in [3.63, 3.8) is 0 Å². The predicted octanol–water partition coefficient (Wildman–Crippen LogP) is 4.36. The minimum absolute atomic E-state index is 0.0304. The van der Waals surface area contributed by atoms with Crippen LogP contribution in [0, 0.1) is 6.92 Å². The molecule has 0 aliphatic heterocycles. The minimum Gasteiger partial charge on any atom is -0.478 e. The van der Waals surface area contributed by atoms with Gasteiger partial charge in [0.1, 0.15) is 5.56 Å². The molecule has 0 aliphatic carbocycles. The van der Waals surface area contributed by atoms with E-state index in [1.165, 1.54) is 12.1 Å². The maximum absolute atomic E-state index is 13.3. The van der Waals surface area contributed by atoms with Crippen molar-refractivity contribution < 1.29 is 14.7 Å². The maximum atomic E-state index is 13.3. The first-order valence-electron chi connectivity index (χ1n) is 9.84. The number of aryl methyl sites for hydroxylation is 1. The molecule has 0 fully saturated rings. The molecule has 32 heavy (non-hydrogen) atoms. The molecule has 0 bridgehead atoms. The van der Waals surface area contributed by atoms with E-state index >= 15 is 0 Å². The summed E-state index contributed by atoms with van der Waals surface area (Å²) in [5, 5.41) is 18.6. The van der Waals surface area contributed by atoms with Gasteiger partial charge in [-0.1, -0.05) is 66.7 Å². The van der Waals surface area contributed by atoms with E-state index in [0.29, 0.717) is 28.1 Å². The van der Waals surface area contributed by atoms with Crippen LogP contribution < -0.4 is 10.9 Å². The van der Waals surface area contributed by atoms with E-state index in [2.05, 4.69) is 15.5 Å². The second-order valence-electron chi connectivity index (χ2n) is 7.17. The Morgan fingerprint density at radius 3 is 2.16 bits per heavy atom. The van der Waals surface area contributed by atoms with E-state index in [4.69, 9.17) is 0 Å². The first-order valence-corrected chi connectivity index (χ1v) is 9.84. The number of carbonyl (C=O) groups is 2. The molecule has 4 aromatic rings. The summed E-state index contributed by atoms with van der Waals surface area (Å²) < 4.78 is 0. The smallest absolute Gasteiger partial charge is 0.335 e. The van der Waals surface area contributed by atoms with Gasteiger partial charge in [0.15, 0.2) is 0 Å². The van der Waals surface area contributed by atoms with Gasteiger partial charge >= 0.3 is 5.97 Å². The van der Waals surface area contributed by atoms with Gasteiger partial charge in [0.05, 0.1) is 11.3 Å². The number of nitrogens with one attached hydrogen (secondary N) is 2. The molecule has 0 saturated carbocycles. The fraction of sp³-hybridized carbons (Fsp3) is 0.0400. The number of hydrogen-bond donors (Lipinski definition) is 3. The summed E-state index contributed by atoms with van der Waals surface area (Å²) in [6, 6.07) is 22.7. The Balaban J connectivity index is 1.89. The largest absolute Gasteiger partial charge is 0.478 e. The van der Waals surface area contributed by atoms with Crippen molar-refractivity contribution in [3.8, 4) is 22.4 Å². The maximum Gasteiger partial charge on any atom is 0.335 e. The summed E-state index contributed by atoms with van der Waals surface area (Å²) in [5.41, 5.74) is 2.50. The number of hydrogen-bond acceptors (Lipinski definition) is 4. The van der Waals surface area contributed by atoms with Crippen molar-refractivity contribution in [2.45, 2.75) is 6.92 Å². The number of rotatable bonds is 5. The monoisotopic (exact) mass is 425 g/mol. The van der Waals surface area contributed by atoms with Crippen molar-refractivity contribution in [1.29, 1.82) is 0 Å². The number of nitrogens with zero attached hydrogens (tertiary/aromatic N) is 1. The fourth-order valence-electron chi connectivity index (χ4n) is 3.43. The molecule has 1 amide bonds. The lowest BCUT2D eigenvalue weighted by molar-refractivity contribution is 0.0696. The molecule has 0 radical (unpaired) electrons. The summed E-state index contributed by atoms with van der Waals surface area (Å²) in [6.07, 6.45) is 0. The highest BCUT2D eigenvalue weighted by Crippen LogP contribution is 2.32. The zero-order valence-electron chi connectivity index (χ0n) is 17.1. The van der Waals surface area contributed by atoms with Crippen molar-refractivity contribution in [2.24, 2.45) is 0 Å². The molecule has 3 N–H and O–H groups in total. The molecule has 1 aromatic heterocycles. The zero-order valence-corrected chi connectivity index (χ0v) is 17.1. The number of carboxylic acid groups (broad SMARTS) is 1. The zero-order chi connectivity index (χ0) is 22.7. The van der Waals surface area contributed by atoms with Crippen LogP contribution >= 0.6 is 0 Å². The van der Waals surface area contributed by atoms with Crippen LogP contribution in [0.1, 0.15) is 26.3 Å². The number of aromatic amines is 1. The van der Waals surface area contributed by atoms with Crippen molar-refractivity contribution in [2.75, 3.05) is 5.32 Å². The van der Waals surface area contributed by atoms with Gasteiger partial charge in [0.25, 0.3) is 11.5 Å². The SMILES string of the molecule is Cc1ccc(C(=O)O)cc1NC(=O)c1c(-c2ccccc2)c(-c2ccccc2)n[nH]c1=O. The lowest BCUT2D eigenvalue weighted by Gasteiger charge is -2.15. The van der Waals surface area contributed by atoms with Crippen LogP contribution in [-0.2, 0) is 0 Å². The third-order valence-electron chi connectivity index (χ3n) is 5.05. The van der Waals surface area contributed by atoms with Crippen LogP contribution in [0.2, 0.25) is 0 Å². The van der Waals surface area contributed by atoms with Gasteiger partial charge in [-0.3, -0.25) is 9.59 Å². The van der Waals surface area contributed by atoms with Crippen LogP contribution in [0.15, 0.2) is 83.7 Å². The van der Waals surface area contributed by atoms with Crippen molar-refractivity contribution >= 4 is 17.6 Å². The summed E-state index contributed by atoms with van der Waals surface area (Å²) in [5.74, 6) is -1.77. The van der Waals surface area contributed by atoms with Crippen LogP contribution in [0.5, 0.6) is 0 Å². The highest BCUT2D eigenvalue weighted by molar-refractivity contribution is 6.10. The van der Waals surface area contributed by atoms with Gasteiger partial charge in [-0.2, -0.15) is 5.10 Å². The Morgan fingerprint density at radius 1 is 0.906 bits per heavy atom. The molecule has 3 aromatic carbocycles. The van der Waals surface area contributed by atoms with Crippen LogP contribution in [0.4, 0.5) is 5.69 Å². The molecule has 0 unspecified atom stereocenters. The fourth-order valence-corrected chi connectivity index (χ4v) is 3.43. The number of carbonyl (C=O) groups excluding carboxylic acids is 1. The van der Waals surface area contributed by atoms with Gasteiger partial charge < -0.3 is 10.4 Å². The van der Waals surface area contributed by atoms with E-state index in [1.807, 2.05) is 48.5 Å². The summed E-state index contributed by atoms with van der Waals surface area (Å²) in [4.78, 5) is 37.5. The Hall–Kier alpha value is -4.52. The Kier molecular flexibility index (Phi) is 5.63. The number of anilines is 1. The summed E-state index contributed by atoms with van der Waals surface area (Å²) >= 11 is 0. The lowest BCUT2D eigenvalue weighted by Crippen LogP contribution is -2.26. The first-order chi connectivity index (χ1) is 15.5. The van der Waals surface area contributed by atoms with Crippen molar-refractivity contribution in [3.05, 3.63) is 106 Å². The molecule has 4 rings (SSSR count). The lowest BCUT2D eigenvalue weighted by atomic mass is 9.95. The molecule has 0 atom stereocenters. The Morgan fingerprint density at radius 2 is 1.53 bits per heavy atom. The van der Waals surface area contributed by atoms with Gasteiger partial charge in [-0.25, -0.2) is 9.89 Å². The van der Waals surface area contributed by atoms with Gasteiger partial charge in [0.2, 0.25) is 0 Å². The number of amides is 1.